The molecule has 6 nitrogen and oxygen atoms in total. The van der Waals surface area contributed by atoms with Gasteiger partial charge in [-0.25, -0.2) is 0 Å². The van der Waals surface area contributed by atoms with E-state index in [2.05, 4.69) is 34.2 Å². The second-order valence-corrected chi connectivity index (χ2v) is 6.53. The van der Waals surface area contributed by atoms with Crippen molar-refractivity contribution in [1.82, 2.24) is 20.4 Å². The Bertz CT molecular complexity index is 456. The van der Waals surface area contributed by atoms with Gasteiger partial charge in [-0.3, -0.25) is 4.79 Å². The topological polar surface area (TPSA) is 71.3 Å². The van der Waals surface area contributed by atoms with Crippen LogP contribution in [0.1, 0.15) is 38.4 Å². The van der Waals surface area contributed by atoms with E-state index >= 15 is 0 Å². The molecule has 1 saturated heterocycles. The van der Waals surface area contributed by atoms with Crippen LogP contribution >= 0.6 is 11.8 Å². The van der Waals surface area contributed by atoms with Crippen molar-refractivity contribution in [3.05, 3.63) is 11.7 Å². The van der Waals surface area contributed by atoms with Crippen LogP contribution < -0.4 is 5.32 Å². The predicted octanol–water partition coefficient (Wildman–Crippen LogP) is 1.67. The molecule has 0 radical (unpaired) electrons. The highest BCUT2D eigenvalue weighted by Gasteiger charge is 2.26. The third-order valence-corrected chi connectivity index (χ3v) is 4.37. The Kier molecular flexibility index (Phi) is 6.05. The normalized spacial score (nSPS) is 17.3. The van der Waals surface area contributed by atoms with Gasteiger partial charge in [-0.15, -0.1) is 0 Å². The number of hydrogen-bond acceptors (Lipinski definition) is 6. The fraction of sp³-hybridized carbons (Fsp3) is 0.786. The van der Waals surface area contributed by atoms with E-state index in [1.54, 1.807) is 11.8 Å². The minimum absolute atomic E-state index is 0.100. The summed E-state index contributed by atoms with van der Waals surface area (Å²) in [4.78, 5) is 18.8. The molecule has 0 aromatic carbocycles. The van der Waals surface area contributed by atoms with Crippen LogP contribution in [0.2, 0.25) is 0 Å². The molecule has 2 heterocycles. The molecule has 1 amide bonds. The zero-order valence-corrected chi connectivity index (χ0v) is 13.8. The summed E-state index contributed by atoms with van der Waals surface area (Å²) in [5.41, 5.74) is 0. The van der Waals surface area contributed by atoms with Crippen molar-refractivity contribution in [3.8, 4) is 0 Å². The van der Waals surface area contributed by atoms with Crippen LogP contribution in [0.3, 0.4) is 0 Å². The zero-order valence-electron chi connectivity index (χ0n) is 13.0. The molecular formula is C14H24N4O2S. The van der Waals surface area contributed by atoms with Gasteiger partial charge in [0.2, 0.25) is 11.8 Å². The van der Waals surface area contributed by atoms with E-state index in [9.17, 15) is 4.79 Å². The Morgan fingerprint density at radius 3 is 2.81 bits per heavy atom. The first kappa shape index (κ1) is 16.3. The third-order valence-electron chi connectivity index (χ3n) is 3.83. The molecule has 0 spiro atoms. The fourth-order valence-electron chi connectivity index (χ4n) is 2.53. The number of piperidine rings is 1. The fourth-order valence-corrected chi connectivity index (χ4v) is 2.91. The summed E-state index contributed by atoms with van der Waals surface area (Å²) in [7, 11) is 0. The van der Waals surface area contributed by atoms with Gasteiger partial charge in [0, 0.05) is 12.0 Å². The van der Waals surface area contributed by atoms with E-state index in [-0.39, 0.29) is 11.8 Å². The molecule has 2 rings (SSSR count). The number of carbonyl (C=O) groups excluding carboxylic acids is 1. The van der Waals surface area contributed by atoms with E-state index in [0.717, 1.165) is 31.7 Å². The van der Waals surface area contributed by atoms with E-state index < -0.39 is 0 Å². The van der Waals surface area contributed by atoms with Crippen LogP contribution in [0.4, 0.5) is 0 Å². The summed E-state index contributed by atoms with van der Waals surface area (Å²) in [6, 6.07) is 0.558. The smallest absolute Gasteiger partial charge is 0.246 e. The molecule has 1 fully saturated rings. The molecule has 21 heavy (non-hydrogen) atoms. The number of amides is 1. The van der Waals surface area contributed by atoms with Gasteiger partial charge < -0.3 is 14.7 Å². The molecule has 1 aliphatic heterocycles. The number of nitrogens with zero attached hydrogens (tertiary/aromatic N) is 3. The highest BCUT2D eigenvalue weighted by Crippen LogP contribution is 2.19. The molecule has 1 aromatic heterocycles. The molecule has 118 valence electrons. The molecule has 0 unspecified atom stereocenters. The number of carbonyl (C=O) groups is 1. The van der Waals surface area contributed by atoms with Crippen molar-refractivity contribution in [2.45, 2.75) is 45.0 Å². The lowest BCUT2D eigenvalue weighted by molar-refractivity contribution is -0.126. The van der Waals surface area contributed by atoms with Crippen molar-refractivity contribution in [3.63, 3.8) is 0 Å². The molecule has 0 bridgehead atoms. The Labute approximate surface area is 130 Å². The first-order valence-electron chi connectivity index (χ1n) is 7.42. The van der Waals surface area contributed by atoms with E-state index in [4.69, 9.17) is 4.52 Å². The van der Waals surface area contributed by atoms with Crippen LogP contribution in [0, 0.1) is 5.92 Å². The monoisotopic (exact) mass is 312 g/mol. The van der Waals surface area contributed by atoms with Crippen LogP contribution in [-0.4, -0.2) is 46.3 Å². The van der Waals surface area contributed by atoms with Crippen molar-refractivity contribution in [2.24, 2.45) is 5.92 Å². The molecular weight excluding hydrogens is 288 g/mol. The maximum Gasteiger partial charge on any atom is 0.246 e. The first-order chi connectivity index (χ1) is 10.1. The number of nitrogens with one attached hydrogen (secondary N) is 1. The minimum Gasteiger partial charge on any atom is -0.347 e. The molecule has 0 aliphatic carbocycles. The Balaban J connectivity index is 1.74. The number of thioether (sulfide) groups is 1. The average Bonchev–Trinajstić information content (AvgIpc) is 2.93. The minimum atomic E-state index is 0.100. The van der Waals surface area contributed by atoms with Crippen LogP contribution in [0.5, 0.6) is 0 Å². The number of aromatic nitrogens is 2. The Hall–Kier alpha value is -1.08. The lowest BCUT2D eigenvalue weighted by atomic mass is 9.95. The Morgan fingerprint density at radius 2 is 2.19 bits per heavy atom. The number of likely N-dealkylation sites (tertiary alicyclic amines) is 1. The summed E-state index contributed by atoms with van der Waals surface area (Å²) in [6.45, 7) is 6.71. The first-order valence-corrected chi connectivity index (χ1v) is 8.81. The van der Waals surface area contributed by atoms with Crippen LogP contribution in [0.15, 0.2) is 4.52 Å². The number of hydrogen-bond donors (Lipinski definition) is 1. The van der Waals surface area contributed by atoms with E-state index in [1.807, 2.05) is 6.26 Å². The van der Waals surface area contributed by atoms with Gasteiger partial charge in [0.05, 0.1) is 12.3 Å². The molecule has 0 saturated carbocycles. The molecule has 1 aliphatic rings. The van der Waals surface area contributed by atoms with Gasteiger partial charge in [0.25, 0.3) is 0 Å². The standard InChI is InChI=1S/C14H24N4O2S/c1-10(2)18-6-4-11(5-7-18)14(19)15-8-13-16-12(9-21-3)17-20-13/h10-11H,4-9H2,1-3H3,(H,15,19). The van der Waals surface area contributed by atoms with Gasteiger partial charge >= 0.3 is 0 Å². The summed E-state index contributed by atoms with van der Waals surface area (Å²) >= 11 is 1.64. The molecule has 1 N–H and O–H groups in total. The average molecular weight is 312 g/mol. The van der Waals surface area contributed by atoms with Gasteiger partial charge in [-0.1, -0.05) is 5.16 Å². The SMILES string of the molecule is CSCc1noc(CNC(=O)C2CCN(C(C)C)CC2)n1. The zero-order chi connectivity index (χ0) is 15.2. The second-order valence-electron chi connectivity index (χ2n) is 5.66. The Morgan fingerprint density at radius 1 is 1.48 bits per heavy atom. The van der Waals surface area contributed by atoms with E-state index in [0.29, 0.717) is 24.3 Å². The number of rotatable bonds is 6. The third kappa shape index (κ3) is 4.71. The summed E-state index contributed by atoms with van der Waals surface area (Å²) in [5.74, 6) is 2.09. The van der Waals surface area contributed by atoms with Crippen molar-refractivity contribution in [1.29, 1.82) is 0 Å². The van der Waals surface area contributed by atoms with Crippen molar-refractivity contribution < 1.29 is 9.32 Å². The highest BCUT2D eigenvalue weighted by atomic mass is 32.2. The van der Waals surface area contributed by atoms with Crippen LogP contribution in [0.25, 0.3) is 0 Å². The maximum absolute atomic E-state index is 12.2. The van der Waals surface area contributed by atoms with Crippen molar-refractivity contribution in [2.75, 3.05) is 19.3 Å². The molecule has 0 atom stereocenters. The van der Waals surface area contributed by atoms with Gasteiger partial charge in [-0.05, 0) is 46.0 Å². The summed E-state index contributed by atoms with van der Waals surface area (Å²) in [6.07, 6.45) is 3.83. The predicted molar refractivity (Wildman–Crippen MR) is 82.8 cm³/mol. The lowest BCUT2D eigenvalue weighted by Crippen LogP contribution is -2.42. The highest BCUT2D eigenvalue weighted by molar-refractivity contribution is 7.97. The summed E-state index contributed by atoms with van der Waals surface area (Å²) < 4.78 is 5.11. The van der Waals surface area contributed by atoms with Crippen LogP contribution in [-0.2, 0) is 17.1 Å². The van der Waals surface area contributed by atoms with E-state index in [1.165, 1.54) is 0 Å². The molecule has 1 aromatic rings. The van der Waals surface area contributed by atoms with Gasteiger partial charge in [0.1, 0.15) is 0 Å². The van der Waals surface area contributed by atoms with Gasteiger partial charge in [-0.2, -0.15) is 16.7 Å². The van der Waals surface area contributed by atoms with Crippen molar-refractivity contribution >= 4 is 17.7 Å². The molecule has 7 heteroatoms. The largest absolute Gasteiger partial charge is 0.347 e. The summed E-state index contributed by atoms with van der Waals surface area (Å²) in [5, 5.41) is 6.77. The second kappa shape index (κ2) is 7.79. The lowest BCUT2D eigenvalue weighted by Gasteiger charge is -2.33. The van der Waals surface area contributed by atoms with Gasteiger partial charge in [0.15, 0.2) is 5.82 Å². The quantitative estimate of drug-likeness (QED) is 0.861. The maximum atomic E-state index is 12.2.